The topological polar surface area (TPSA) is 46.8 Å². The number of alkyl halides is 3. The first-order valence-electron chi connectivity index (χ1n) is 6.29. The average molecular weight is 362 g/mol. The van der Waals surface area contributed by atoms with Crippen LogP contribution in [-0.2, 0) is 6.18 Å². The summed E-state index contributed by atoms with van der Waals surface area (Å²) in [4.78, 5) is 1.91. The first kappa shape index (κ1) is 14.3. The number of aromatic nitrogens is 4. The van der Waals surface area contributed by atoms with E-state index in [1.807, 2.05) is 15.8 Å². The van der Waals surface area contributed by atoms with Gasteiger partial charge in [0.1, 0.15) is 0 Å². The van der Waals surface area contributed by atoms with Crippen LogP contribution in [0.25, 0.3) is 0 Å². The van der Waals surface area contributed by atoms with Crippen LogP contribution in [0.15, 0.2) is 29.0 Å². The average Bonchev–Trinajstić information content (AvgIpc) is 3.06. The monoisotopic (exact) mass is 361 g/mol. The molecule has 112 valence electrons. The minimum atomic E-state index is -4.46. The maximum atomic E-state index is 12.5. The number of hydrogen-bond acceptors (Lipinski definition) is 4. The molecule has 0 aliphatic carbocycles. The summed E-state index contributed by atoms with van der Waals surface area (Å²) in [7, 11) is 0. The van der Waals surface area contributed by atoms with E-state index >= 15 is 0 Å². The quantitative estimate of drug-likeness (QED) is 0.824. The predicted octanol–water partition coefficient (Wildman–Crippen LogP) is 2.91. The van der Waals surface area contributed by atoms with Crippen molar-refractivity contribution in [1.82, 2.24) is 20.0 Å². The van der Waals surface area contributed by atoms with Gasteiger partial charge in [0, 0.05) is 19.3 Å². The van der Waals surface area contributed by atoms with Gasteiger partial charge in [0.05, 0.1) is 16.7 Å². The van der Waals surface area contributed by atoms with Gasteiger partial charge in [-0.15, -0.1) is 10.2 Å². The van der Waals surface area contributed by atoms with E-state index in [1.165, 1.54) is 6.07 Å². The molecule has 3 heterocycles. The lowest BCUT2D eigenvalue weighted by atomic mass is 10.3. The molecule has 1 unspecified atom stereocenters. The summed E-state index contributed by atoms with van der Waals surface area (Å²) in [6, 6.07) is 2.50. The Bertz CT molecular complexity index is 625. The van der Waals surface area contributed by atoms with Gasteiger partial charge < -0.3 is 4.90 Å². The molecule has 1 aliphatic heterocycles. The van der Waals surface area contributed by atoms with Gasteiger partial charge in [-0.05, 0) is 34.5 Å². The maximum Gasteiger partial charge on any atom is 0.435 e. The third-order valence-electron chi connectivity index (χ3n) is 3.37. The van der Waals surface area contributed by atoms with Gasteiger partial charge in [0.2, 0.25) is 0 Å². The molecule has 0 radical (unpaired) electrons. The molecule has 3 rings (SSSR count). The zero-order chi connectivity index (χ0) is 15.0. The lowest BCUT2D eigenvalue weighted by Crippen LogP contribution is -2.23. The number of hydrogen-bond donors (Lipinski definition) is 0. The van der Waals surface area contributed by atoms with Gasteiger partial charge in [-0.2, -0.15) is 18.3 Å². The molecule has 0 N–H and O–H groups in total. The second-order valence-electron chi connectivity index (χ2n) is 4.80. The SMILES string of the molecule is FC(F)(F)c1ccc(N2CCC(n3cc(Br)cn3)C2)nn1. The van der Waals surface area contributed by atoms with Crippen molar-refractivity contribution in [1.29, 1.82) is 0 Å². The minimum absolute atomic E-state index is 0.181. The molecule has 1 fully saturated rings. The van der Waals surface area contributed by atoms with Crippen molar-refractivity contribution in [2.75, 3.05) is 18.0 Å². The van der Waals surface area contributed by atoms with Gasteiger partial charge in [-0.25, -0.2) is 0 Å². The zero-order valence-corrected chi connectivity index (χ0v) is 12.3. The molecule has 2 aromatic rings. The van der Waals surface area contributed by atoms with Crippen LogP contribution in [0.5, 0.6) is 0 Å². The smallest absolute Gasteiger partial charge is 0.353 e. The van der Waals surface area contributed by atoms with Crippen molar-refractivity contribution in [3.8, 4) is 0 Å². The van der Waals surface area contributed by atoms with Crippen LogP contribution in [-0.4, -0.2) is 33.1 Å². The third kappa shape index (κ3) is 3.02. The summed E-state index contributed by atoms with van der Waals surface area (Å²) in [5, 5.41) is 11.2. The van der Waals surface area contributed by atoms with Crippen LogP contribution in [0.3, 0.4) is 0 Å². The van der Waals surface area contributed by atoms with E-state index in [2.05, 4.69) is 31.2 Å². The number of rotatable bonds is 2. The summed E-state index contributed by atoms with van der Waals surface area (Å²) in [6.45, 7) is 1.36. The molecule has 5 nitrogen and oxygen atoms in total. The molecule has 1 atom stereocenters. The molecule has 0 aromatic carbocycles. The molecular weight excluding hydrogens is 351 g/mol. The molecule has 0 saturated carbocycles. The van der Waals surface area contributed by atoms with Crippen LogP contribution in [0, 0.1) is 0 Å². The second kappa shape index (κ2) is 5.28. The van der Waals surface area contributed by atoms with Crippen molar-refractivity contribution in [3.63, 3.8) is 0 Å². The van der Waals surface area contributed by atoms with Gasteiger partial charge in [0.25, 0.3) is 0 Å². The Morgan fingerprint density at radius 3 is 2.62 bits per heavy atom. The van der Waals surface area contributed by atoms with E-state index in [0.717, 1.165) is 17.0 Å². The van der Waals surface area contributed by atoms with Crippen molar-refractivity contribution in [2.24, 2.45) is 0 Å². The van der Waals surface area contributed by atoms with Crippen LogP contribution < -0.4 is 4.90 Å². The Balaban J connectivity index is 1.71. The van der Waals surface area contributed by atoms with Crippen molar-refractivity contribution in [3.05, 3.63) is 34.7 Å². The fourth-order valence-electron chi connectivity index (χ4n) is 2.33. The van der Waals surface area contributed by atoms with Gasteiger partial charge in [-0.3, -0.25) is 4.68 Å². The summed E-state index contributed by atoms with van der Waals surface area (Å²) in [5.74, 6) is 0.455. The maximum absolute atomic E-state index is 12.5. The van der Waals surface area contributed by atoms with E-state index in [1.54, 1.807) is 6.20 Å². The highest BCUT2D eigenvalue weighted by Crippen LogP contribution is 2.29. The summed E-state index contributed by atoms with van der Waals surface area (Å²) >= 11 is 3.34. The Kier molecular flexibility index (Phi) is 3.60. The molecule has 0 bridgehead atoms. The van der Waals surface area contributed by atoms with Gasteiger partial charge >= 0.3 is 6.18 Å². The van der Waals surface area contributed by atoms with E-state index in [-0.39, 0.29) is 6.04 Å². The fourth-order valence-corrected chi connectivity index (χ4v) is 2.63. The van der Waals surface area contributed by atoms with Crippen molar-refractivity contribution >= 4 is 21.7 Å². The molecular formula is C12H11BrF3N5. The highest BCUT2D eigenvalue weighted by molar-refractivity contribution is 9.10. The van der Waals surface area contributed by atoms with Crippen molar-refractivity contribution < 1.29 is 13.2 Å². The van der Waals surface area contributed by atoms with Crippen LogP contribution >= 0.6 is 15.9 Å². The van der Waals surface area contributed by atoms with E-state index in [9.17, 15) is 13.2 Å². The fraction of sp³-hybridized carbons (Fsp3) is 0.417. The highest BCUT2D eigenvalue weighted by Gasteiger charge is 2.33. The molecule has 1 saturated heterocycles. The highest BCUT2D eigenvalue weighted by atomic mass is 79.9. The molecule has 21 heavy (non-hydrogen) atoms. The lowest BCUT2D eigenvalue weighted by Gasteiger charge is -2.17. The first-order valence-corrected chi connectivity index (χ1v) is 7.08. The molecule has 0 amide bonds. The molecule has 2 aromatic heterocycles. The number of halogens is 4. The van der Waals surface area contributed by atoms with Gasteiger partial charge in [0.15, 0.2) is 11.5 Å². The molecule has 9 heteroatoms. The standard InChI is InChI=1S/C12H11BrF3N5/c13-8-5-17-21(6-8)9-3-4-20(7-9)11-2-1-10(18-19-11)12(14,15)16/h1-2,5-6,9H,3-4,7H2. The largest absolute Gasteiger partial charge is 0.435 e. The van der Waals surface area contributed by atoms with Crippen molar-refractivity contribution in [2.45, 2.75) is 18.6 Å². The van der Waals surface area contributed by atoms with Crippen LogP contribution in [0.4, 0.5) is 19.0 Å². The van der Waals surface area contributed by atoms with E-state index < -0.39 is 11.9 Å². The normalized spacial score (nSPS) is 19.2. The predicted molar refractivity (Wildman–Crippen MR) is 72.8 cm³/mol. The Hall–Kier alpha value is -1.64. The summed E-state index contributed by atoms with van der Waals surface area (Å²) in [5.41, 5.74) is -0.974. The second-order valence-corrected chi connectivity index (χ2v) is 5.72. The number of nitrogens with zero attached hydrogens (tertiary/aromatic N) is 5. The zero-order valence-electron chi connectivity index (χ0n) is 10.8. The summed E-state index contributed by atoms with van der Waals surface area (Å²) < 4.78 is 40.1. The van der Waals surface area contributed by atoms with E-state index in [0.29, 0.717) is 18.9 Å². The number of anilines is 1. The van der Waals surface area contributed by atoms with Crippen LogP contribution in [0.2, 0.25) is 0 Å². The molecule has 1 aliphatic rings. The van der Waals surface area contributed by atoms with E-state index in [4.69, 9.17) is 0 Å². The third-order valence-corrected chi connectivity index (χ3v) is 3.78. The Morgan fingerprint density at radius 2 is 2.05 bits per heavy atom. The van der Waals surface area contributed by atoms with Gasteiger partial charge in [-0.1, -0.05) is 0 Å². The minimum Gasteiger partial charge on any atom is -0.353 e. The first-order chi connectivity index (χ1) is 9.93. The summed E-state index contributed by atoms with van der Waals surface area (Å²) in [6.07, 6.45) is -0.00950. The van der Waals surface area contributed by atoms with Crippen LogP contribution in [0.1, 0.15) is 18.2 Å². The Labute approximate surface area is 126 Å². The Morgan fingerprint density at radius 1 is 1.24 bits per heavy atom. The lowest BCUT2D eigenvalue weighted by molar-refractivity contribution is -0.141. The molecule has 0 spiro atoms.